The maximum absolute atomic E-state index is 12.9. The highest BCUT2D eigenvalue weighted by Crippen LogP contribution is 2.27. The van der Waals surface area contributed by atoms with E-state index >= 15 is 0 Å². The fourth-order valence-corrected chi connectivity index (χ4v) is 5.84. The number of rotatable bonds is 12. The summed E-state index contributed by atoms with van der Waals surface area (Å²) in [5, 5.41) is 14.9. The molecule has 1 heterocycles. The highest BCUT2D eigenvalue weighted by atomic mass is 16.3. The Hall–Kier alpha value is -4.49. The maximum Gasteiger partial charge on any atom is 0.254 e. The number of amides is 3. The monoisotopic (exact) mass is 577 g/mol. The van der Waals surface area contributed by atoms with Gasteiger partial charge in [0.1, 0.15) is 6.61 Å². The number of nitrogens with one attached hydrogen (secondary N) is 1. The summed E-state index contributed by atoms with van der Waals surface area (Å²) < 4.78 is 0. The fraction of sp³-hybridized carbons (Fsp3) is 0.306. The van der Waals surface area contributed by atoms with Crippen molar-refractivity contribution in [2.75, 3.05) is 13.2 Å². The largest absolute Gasteiger partial charge is 0.387 e. The molecule has 1 unspecified atom stereocenters. The molecule has 0 aromatic heterocycles. The van der Waals surface area contributed by atoms with E-state index in [1.165, 1.54) is 10.9 Å². The van der Waals surface area contributed by atoms with E-state index in [4.69, 9.17) is 0 Å². The molecule has 0 spiro atoms. The summed E-state index contributed by atoms with van der Waals surface area (Å²) in [6, 6.07) is 27.6. The maximum atomic E-state index is 12.9. The Balaban J connectivity index is 1.17. The Morgan fingerprint density at radius 1 is 0.977 bits per heavy atom. The molecule has 4 aromatic rings. The standard InChI is InChI=1S/C36H39N3O4/c1-3-7-25(2)39-23-31-20-30(16-17-33(31)36(39)43)35(42)37-21-26-12-14-27(15-13-26)22-38(34(41)24-40)19-18-29-10-6-9-28-8-4-5-11-32(28)29/h4-6,8-17,20,25,40H,3,7,18-19,21-24H2,1-2H3,(H,37,42). The molecule has 43 heavy (non-hydrogen) atoms. The molecule has 1 aliphatic heterocycles. The van der Waals surface area contributed by atoms with Gasteiger partial charge in [0, 0.05) is 43.3 Å². The van der Waals surface area contributed by atoms with Crippen LogP contribution in [-0.4, -0.2) is 51.8 Å². The van der Waals surface area contributed by atoms with E-state index in [0.717, 1.165) is 34.9 Å². The van der Waals surface area contributed by atoms with Crippen molar-refractivity contribution in [3.8, 4) is 0 Å². The van der Waals surface area contributed by atoms with Crippen molar-refractivity contribution in [3.63, 3.8) is 0 Å². The molecule has 3 amide bonds. The Morgan fingerprint density at radius 2 is 1.72 bits per heavy atom. The summed E-state index contributed by atoms with van der Waals surface area (Å²) >= 11 is 0. The number of carbonyl (C=O) groups is 3. The van der Waals surface area contributed by atoms with Crippen LogP contribution in [-0.2, 0) is 30.8 Å². The molecular formula is C36H39N3O4. The number of aliphatic hydroxyl groups excluding tert-OH is 1. The van der Waals surface area contributed by atoms with Gasteiger partial charge in [-0.3, -0.25) is 14.4 Å². The molecule has 0 bridgehead atoms. The number of aliphatic hydroxyl groups is 1. The van der Waals surface area contributed by atoms with Crippen LogP contribution in [0.2, 0.25) is 0 Å². The Kier molecular flexibility index (Phi) is 9.52. The number of nitrogens with zero attached hydrogens (tertiary/aromatic N) is 2. The summed E-state index contributed by atoms with van der Waals surface area (Å²) in [4.78, 5) is 41.8. The minimum absolute atomic E-state index is 0.0378. The van der Waals surface area contributed by atoms with Crippen LogP contribution in [0, 0.1) is 0 Å². The number of benzene rings is 4. The van der Waals surface area contributed by atoms with Crippen LogP contribution in [0.5, 0.6) is 0 Å². The molecule has 5 rings (SSSR count). The summed E-state index contributed by atoms with van der Waals surface area (Å²) in [7, 11) is 0. The lowest BCUT2D eigenvalue weighted by Gasteiger charge is -2.23. The molecule has 7 nitrogen and oxygen atoms in total. The van der Waals surface area contributed by atoms with Gasteiger partial charge in [-0.25, -0.2) is 0 Å². The van der Waals surface area contributed by atoms with E-state index in [1.807, 2.05) is 53.4 Å². The molecule has 0 radical (unpaired) electrons. The van der Waals surface area contributed by atoms with Gasteiger partial charge in [-0.05, 0) is 71.0 Å². The quantitative estimate of drug-likeness (QED) is 0.233. The van der Waals surface area contributed by atoms with Gasteiger partial charge < -0.3 is 20.2 Å². The van der Waals surface area contributed by atoms with Gasteiger partial charge in [0.05, 0.1) is 0 Å². The number of carbonyl (C=O) groups excluding carboxylic acids is 3. The number of hydrogen-bond donors (Lipinski definition) is 2. The van der Waals surface area contributed by atoms with Crippen LogP contribution in [0.25, 0.3) is 10.8 Å². The third kappa shape index (κ3) is 6.95. The number of fused-ring (bicyclic) bond motifs is 2. The van der Waals surface area contributed by atoms with Gasteiger partial charge in [0.2, 0.25) is 5.91 Å². The third-order valence-electron chi connectivity index (χ3n) is 8.31. The van der Waals surface area contributed by atoms with E-state index < -0.39 is 6.61 Å². The van der Waals surface area contributed by atoms with Crippen molar-refractivity contribution >= 4 is 28.5 Å². The minimum Gasteiger partial charge on any atom is -0.387 e. The highest BCUT2D eigenvalue weighted by molar-refractivity contribution is 6.01. The first-order valence-electron chi connectivity index (χ1n) is 15.0. The fourth-order valence-electron chi connectivity index (χ4n) is 5.84. The van der Waals surface area contributed by atoms with E-state index in [-0.39, 0.29) is 23.8 Å². The van der Waals surface area contributed by atoms with Gasteiger partial charge in [-0.1, -0.05) is 80.1 Å². The SMILES string of the molecule is CCCC(C)N1Cc2cc(C(=O)NCc3ccc(CN(CCc4cccc5ccccc45)C(=O)CO)cc3)ccc2C1=O. The molecule has 7 heteroatoms. The lowest BCUT2D eigenvalue weighted by atomic mass is 10.0. The Morgan fingerprint density at radius 3 is 2.49 bits per heavy atom. The summed E-state index contributed by atoms with van der Waals surface area (Å²) in [5.41, 5.74) is 5.16. The predicted octanol–water partition coefficient (Wildman–Crippen LogP) is 5.48. The van der Waals surface area contributed by atoms with Crippen LogP contribution in [0.15, 0.2) is 84.9 Å². The van der Waals surface area contributed by atoms with Gasteiger partial charge in [-0.15, -0.1) is 0 Å². The first-order chi connectivity index (χ1) is 20.9. The summed E-state index contributed by atoms with van der Waals surface area (Å²) in [6.07, 6.45) is 2.65. The van der Waals surface area contributed by atoms with Gasteiger partial charge >= 0.3 is 0 Å². The first kappa shape index (κ1) is 30.0. The lowest BCUT2D eigenvalue weighted by molar-refractivity contribution is -0.134. The zero-order valence-corrected chi connectivity index (χ0v) is 24.9. The molecule has 1 aliphatic rings. The summed E-state index contributed by atoms with van der Waals surface area (Å²) in [5.74, 6) is -0.459. The van der Waals surface area contributed by atoms with Crippen LogP contribution in [0.4, 0.5) is 0 Å². The van der Waals surface area contributed by atoms with Crippen molar-refractivity contribution in [3.05, 3.63) is 118 Å². The normalized spacial score (nSPS) is 13.2. The Labute approximate surface area is 253 Å². The van der Waals surface area contributed by atoms with Crippen molar-refractivity contribution in [2.24, 2.45) is 0 Å². The van der Waals surface area contributed by atoms with Gasteiger partial charge in [-0.2, -0.15) is 0 Å². The molecule has 0 aliphatic carbocycles. The van der Waals surface area contributed by atoms with Crippen LogP contribution in [0.1, 0.15) is 69.7 Å². The molecular weight excluding hydrogens is 538 g/mol. The predicted molar refractivity (Wildman–Crippen MR) is 168 cm³/mol. The Bertz CT molecular complexity index is 1610. The molecule has 0 saturated heterocycles. The van der Waals surface area contributed by atoms with E-state index in [1.54, 1.807) is 17.0 Å². The molecule has 222 valence electrons. The van der Waals surface area contributed by atoms with E-state index in [0.29, 0.717) is 43.7 Å². The molecule has 4 aromatic carbocycles. The van der Waals surface area contributed by atoms with E-state index in [2.05, 4.69) is 43.4 Å². The van der Waals surface area contributed by atoms with Crippen molar-refractivity contribution in [1.29, 1.82) is 0 Å². The van der Waals surface area contributed by atoms with Gasteiger partial charge in [0.25, 0.3) is 11.8 Å². The second kappa shape index (κ2) is 13.7. The minimum atomic E-state index is -0.535. The van der Waals surface area contributed by atoms with Crippen molar-refractivity contribution < 1.29 is 19.5 Å². The molecule has 1 atom stereocenters. The van der Waals surface area contributed by atoms with Crippen molar-refractivity contribution in [2.45, 2.75) is 58.8 Å². The zero-order valence-electron chi connectivity index (χ0n) is 24.9. The smallest absolute Gasteiger partial charge is 0.254 e. The summed E-state index contributed by atoms with van der Waals surface area (Å²) in [6.45, 7) is 5.42. The highest BCUT2D eigenvalue weighted by Gasteiger charge is 2.30. The van der Waals surface area contributed by atoms with E-state index in [9.17, 15) is 19.5 Å². The zero-order chi connectivity index (χ0) is 30.3. The number of hydrogen-bond acceptors (Lipinski definition) is 4. The molecule has 2 N–H and O–H groups in total. The molecule has 0 fully saturated rings. The van der Waals surface area contributed by atoms with Crippen molar-refractivity contribution in [1.82, 2.24) is 15.1 Å². The average molecular weight is 578 g/mol. The molecule has 0 saturated carbocycles. The average Bonchev–Trinajstić information content (AvgIpc) is 3.37. The van der Waals surface area contributed by atoms with Crippen LogP contribution < -0.4 is 5.32 Å². The van der Waals surface area contributed by atoms with Crippen LogP contribution >= 0.6 is 0 Å². The lowest BCUT2D eigenvalue weighted by Crippen LogP contribution is -2.34. The van der Waals surface area contributed by atoms with Crippen LogP contribution in [0.3, 0.4) is 0 Å². The third-order valence-corrected chi connectivity index (χ3v) is 8.31. The topological polar surface area (TPSA) is 90.0 Å². The second-order valence-electron chi connectivity index (χ2n) is 11.3. The first-order valence-corrected chi connectivity index (χ1v) is 15.0. The van der Waals surface area contributed by atoms with Gasteiger partial charge in [0.15, 0.2) is 0 Å². The second-order valence-corrected chi connectivity index (χ2v) is 11.3.